The minimum atomic E-state index is -1.18. The summed E-state index contributed by atoms with van der Waals surface area (Å²) < 4.78 is 6.66. The van der Waals surface area contributed by atoms with E-state index in [1.165, 1.54) is 30.9 Å². The van der Waals surface area contributed by atoms with Crippen molar-refractivity contribution >= 4 is 17.6 Å². The molecule has 0 aliphatic heterocycles. The Morgan fingerprint density at radius 3 is 2.54 bits per heavy atom. The van der Waals surface area contributed by atoms with Crippen LogP contribution in [0.5, 0.6) is 5.75 Å². The number of nitrogens with zero attached hydrogens (tertiary/aromatic N) is 2. The van der Waals surface area contributed by atoms with Crippen molar-refractivity contribution in [3.05, 3.63) is 42.2 Å². The third-order valence-electron chi connectivity index (χ3n) is 3.56. The molecule has 0 aliphatic carbocycles. The van der Waals surface area contributed by atoms with E-state index >= 15 is 0 Å². The molecule has 7 nitrogen and oxygen atoms in total. The number of rotatable bonds is 7. The van der Waals surface area contributed by atoms with Crippen molar-refractivity contribution in [2.24, 2.45) is 0 Å². The predicted molar refractivity (Wildman–Crippen MR) is 89.1 cm³/mol. The maximum absolute atomic E-state index is 12.1. The van der Waals surface area contributed by atoms with Gasteiger partial charge in [0.25, 0.3) is 0 Å². The van der Waals surface area contributed by atoms with Crippen molar-refractivity contribution < 1.29 is 19.4 Å². The lowest BCUT2D eigenvalue weighted by Gasteiger charge is -2.19. The summed E-state index contributed by atoms with van der Waals surface area (Å²) in [4.78, 5) is 23.3. The van der Waals surface area contributed by atoms with Gasteiger partial charge in [0.1, 0.15) is 5.75 Å². The number of hydrogen-bond acceptors (Lipinski definition) is 4. The van der Waals surface area contributed by atoms with Gasteiger partial charge in [-0.25, -0.2) is 4.79 Å². The molecule has 1 aromatic carbocycles. The second kappa shape index (κ2) is 7.16. The first-order chi connectivity index (χ1) is 11.3. The second-order valence-electron chi connectivity index (χ2n) is 5.84. The number of carboxylic acids is 1. The van der Waals surface area contributed by atoms with Gasteiger partial charge in [-0.3, -0.25) is 9.48 Å². The lowest BCUT2D eigenvalue weighted by atomic mass is 10.1. The van der Waals surface area contributed by atoms with E-state index in [1.807, 2.05) is 31.2 Å². The number of aromatic nitrogens is 2. The minimum Gasteiger partial charge on any atom is -0.494 e. The van der Waals surface area contributed by atoms with Gasteiger partial charge in [0, 0.05) is 6.20 Å². The van der Waals surface area contributed by atoms with Crippen LogP contribution in [0.4, 0.5) is 5.69 Å². The Morgan fingerprint density at radius 1 is 1.29 bits per heavy atom. The normalized spacial score (nSPS) is 11.1. The van der Waals surface area contributed by atoms with E-state index in [9.17, 15) is 14.7 Å². The van der Waals surface area contributed by atoms with Gasteiger partial charge in [-0.05, 0) is 38.5 Å². The van der Waals surface area contributed by atoms with Gasteiger partial charge in [-0.15, -0.1) is 0 Å². The number of ether oxygens (including phenoxy) is 1. The van der Waals surface area contributed by atoms with Crippen LogP contribution in [0.1, 0.15) is 26.3 Å². The van der Waals surface area contributed by atoms with Gasteiger partial charge in [0.2, 0.25) is 5.91 Å². The van der Waals surface area contributed by atoms with Crippen molar-refractivity contribution in [1.82, 2.24) is 9.78 Å². The number of amides is 1. The van der Waals surface area contributed by atoms with Crippen LogP contribution in [0.15, 0.2) is 36.7 Å². The zero-order valence-corrected chi connectivity index (χ0v) is 13.9. The van der Waals surface area contributed by atoms with Crippen molar-refractivity contribution in [3.63, 3.8) is 0 Å². The average Bonchev–Trinajstić information content (AvgIpc) is 2.98. The van der Waals surface area contributed by atoms with E-state index in [2.05, 4.69) is 10.4 Å². The number of aliphatic carboxylic acids is 1. The fraction of sp³-hybridized carbons (Fsp3) is 0.353. The number of hydrogen-bond donors (Lipinski definition) is 2. The molecular formula is C17H21N3O4. The molecule has 0 bridgehead atoms. The summed E-state index contributed by atoms with van der Waals surface area (Å²) in [5, 5.41) is 15.9. The van der Waals surface area contributed by atoms with E-state index in [-0.39, 0.29) is 12.3 Å². The number of benzene rings is 1. The van der Waals surface area contributed by atoms with Crippen molar-refractivity contribution in [3.8, 4) is 5.75 Å². The summed E-state index contributed by atoms with van der Waals surface area (Å²) in [6.45, 7) is 5.57. The van der Waals surface area contributed by atoms with E-state index in [0.29, 0.717) is 12.3 Å². The monoisotopic (exact) mass is 331 g/mol. The predicted octanol–water partition coefficient (Wildman–Crippen LogP) is 2.28. The number of carboxylic acid groups (broad SMARTS) is 1. The van der Waals surface area contributed by atoms with Crippen LogP contribution >= 0.6 is 0 Å². The molecule has 128 valence electrons. The smallest absolute Gasteiger partial charge is 0.331 e. The summed E-state index contributed by atoms with van der Waals surface area (Å²) in [7, 11) is 0. The highest BCUT2D eigenvalue weighted by molar-refractivity contribution is 5.92. The number of carbonyl (C=O) groups is 2. The van der Waals surface area contributed by atoms with Gasteiger partial charge in [0.15, 0.2) is 5.54 Å². The summed E-state index contributed by atoms with van der Waals surface area (Å²) in [6, 6.07) is 7.31. The Bertz CT molecular complexity index is 720. The maximum atomic E-state index is 12.1. The zero-order valence-electron chi connectivity index (χ0n) is 13.9. The summed E-state index contributed by atoms with van der Waals surface area (Å²) in [6.07, 6.45) is 3.14. The molecule has 0 atom stereocenters. The molecule has 0 saturated heterocycles. The first-order valence-corrected chi connectivity index (χ1v) is 7.63. The molecule has 0 saturated carbocycles. The van der Waals surface area contributed by atoms with Crippen LogP contribution < -0.4 is 10.1 Å². The lowest BCUT2D eigenvalue weighted by molar-refractivity contribution is -0.146. The first kappa shape index (κ1) is 17.5. The lowest BCUT2D eigenvalue weighted by Crippen LogP contribution is -2.35. The largest absolute Gasteiger partial charge is 0.494 e. The van der Waals surface area contributed by atoms with Gasteiger partial charge >= 0.3 is 5.97 Å². The summed E-state index contributed by atoms with van der Waals surface area (Å²) in [5.41, 5.74) is 0.132. The van der Waals surface area contributed by atoms with Crippen molar-refractivity contribution in [1.29, 1.82) is 0 Å². The second-order valence-corrected chi connectivity index (χ2v) is 5.84. The van der Waals surface area contributed by atoms with E-state index < -0.39 is 11.5 Å². The highest BCUT2D eigenvalue weighted by Gasteiger charge is 2.30. The maximum Gasteiger partial charge on any atom is 0.331 e. The van der Waals surface area contributed by atoms with Crippen molar-refractivity contribution in [2.75, 3.05) is 11.9 Å². The third-order valence-corrected chi connectivity index (χ3v) is 3.56. The molecule has 2 rings (SSSR count). The number of carbonyl (C=O) groups excluding carboxylic acids is 1. The number of nitrogens with one attached hydrogen (secondary N) is 1. The minimum absolute atomic E-state index is 0.202. The summed E-state index contributed by atoms with van der Waals surface area (Å²) >= 11 is 0. The quantitative estimate of drug-likeness (QED) is 0.812. The van der Waals surface area contributed by atoms with Gasteiger partial charge in [-0.1, -0.05) is 12.1 Å². The fourth-order valence-electron chi connectivity index (χ4n) is 2.05. The Morgan fingerprint density at radius 2 is 1.96 bits per heavy atom. The molecule has 0 radical (unpaired) electrons. The van der Waals surface area contributed by atoms with Crippen LogP contribution in [0, 0.1) is 0 Å². The molecule has 7 heteroatoms. The standard InChI is InChI=1S/C17H21N3O4/c1-4-24-14-7-5-12(6-8-14)9-15(21)19-13-10-18-20(11-13)17(2,3)16(22)23/h5-8,10-11H,4,9H2,1-3H3,(H,19,21)(H,22,23). The highest BCUT2D eigenvalue weighted by atomic mass is 16.5. The van der Waals surface area contributed by atoms with Crippen molar-refractivity contribution in [2.45, 2.75) is 32.7 Å². The van der Waals surface area contributed by atoms with Crippen LogP contribution in [0.25, 0.3) is 0 Å². The first-order valence-electron chi connectivity index (χ1n) is 7.63. The van der Waals surface area contributed by atoms with Crippen LogP contribution in [0.2, 0.25) is 0 Å². The average molecular weight is 331 g/mol. The molecule has 0 fully saturated rings. The Balaban J connectivity index is 1.98. The molecule has 24 heavy (non-hydrogen) atoms. The molecule has 1 amide bonds. The van der Waals surface area contributed by atoms with Gasteiger partial charge in [0.05, 0.1) is 24.9 Å². The number of anilines is 1. The molecule has 1 heterocycles. The van der Waals surface area contributed by atoms with Crippen LogP contribution in [0.3, 0.4) is 0 Å². The molecule has 0 spiro atoms. The molecule has 2 N–H and O–H groups in total. The molecule has 2 aromatic rings. The summed E-state index contributed by atoms with van der Waals surface area (Å²) in [5.74, 6) is -0.441. The van der Waals surface area contributed by atoms with E-state index in [0.717, 1.165) is 11.3 Å². The Labute approximate surface area is 140 Å². The van der Waals surface area contributed by atoms with E-state index in [4.69, 9.17) is 4.74 Å². The molecule has 0 aliphatic rings. The SMILES string of the molecule is CCOc1ccc(CC(=O)Nc2cnn(C(C)(C)C(=O)O)c2)cc1. The van der Waals surface area contributed by atoms with Crippen LogP contribution in [-0.4, -0.2) is 33.4 Å². The highest BCUT2D eigenvalue weighted by Crippen LogP contribution is 2.18. The third kappa shape index (κ3) is 4.13. The molecular weight excluding hydrogens is 310 g/mol. The van der Waals surface area contributed by atoms with Gasteiger partial charge in [-0.2, -0.15) is 5.10 Å². The molecule has 1 aromatic heterocycles. The zero-order chi connectivity index (χ0) is 17.7. The Kier molecular flexibility index (Phi) is 5.23. The topological polar surface area (TPSA) is 93.5 Å². The molecule has 0 unspecified atom stereocenters. The van der Waals surface area contributed by atoms with Crippen LogP contribution in [-0.2, 0) is 21.5 Å². The Hall–Kier alpha value is -2.83. The van der Waals surface area contributed by atoms with Gasteiger partial charge < -0.3 is 15.2 Å². The fourth-order valence-corrected chi connectivity index (χ4v) is 2.05. The van der Waals surface area contributed by atoms with E-state index in [1.54, 1.807) is 0 Å².